The maximum absolute atomic E-state index is 12.1. The first-order chi connectivity index (χ1) is 10.1. The molecule has 2 rings (SSSR count). The number of benzene rings is 1. The van der Waals surface area contributed by atoms with E-state index >= 15 is 0 Å². The standard InChI is InChI=1S/C15H19N3O3/c1-2-16-8-10-17(11-9-16)15(19)7-6-13-4-3-5-14(12-13)18(20)21/h3-7,12H,2,8-11H2,1H3. The number of carbonyl (C=O) groups excluding carboxylic acids is 1. The molecule has 6 heteroatoms. The first-order valence-electron chi connectivity index (χ1n) is 7.04. The number of likely N-dealkylation sites (N-methyl/N-ethyl adjacent to an activating group) is 1. The van der Waals surface area contributed by atoms with Crippen LogP contribution < -0.4 is 0 Å². The lowest BCUT2D eigenvalue weighted by Gasteiger charge is -2.33. The van der Waals surface area contributed by atoms with E-state index in [-0.39, 0.29) is 11.6 Å². The predicted octanol–water partition coefficient (Wildman–Crippen LogP) is 1.77. The van der Waals surface area contributed by atoms with Crippen molar-refractivity contribution in [1.29, 1.82) is 0 Å². The van der Waals surface area contributed by atoms with E-state index in [1.807, 2.05) is 0 Å². The zero-order valence-electron chi connectivity index (χ0n) is 12.1. The topological polar surface area (TPSA) is 66.7 Å². The first-order valence-corrected chi connectivity index (χ1v) is 7.04. The van der Waals surface area contributed by atoms with Gasteiger partial charge in [-0.3, -0.25) is 14.9 Å². The molecule has 21 heavy (non-hydrogen) atoms. The summed E-state index contributed by atoms with van der Waals surface area (Å²) in [6.45, 7) is 6.36. The largest absolute Gasteiger partial charge is 0.337 e. The molecule has 1 heterocycles. The summed E-state index contributed by atoms with van der Waals surface area (Å²) in [6, 6.07) is 6.25. The Balaban J connectivity index is 1.96. The third-order valence-electron chi connectivity index (χ3n) is 3.63. The van der Waals surface area contributed by atoms with Gasteiger partial charge in [-0.25, -0.2) is 0 Å². The molecule has 1 saturated heterocycles. The van der Waals surface area contributed by atoms with Crippen molar-refractivity contribution in [3.05, 3.63) is 46.0 Å². The van der Waals surface area contributed by atoms with Crippen molar-refractivity contribution in [1.82, 2.24) is 9.80 Å². The quantitative estimate of drug-likeness (QED) is 0.481. The Bertz CT molecular complexity index is 549. The van der Waals surface area contributed by atoms with E-state index in [0.29, 0.717) is 5.56 Å². The van der Waals surface area contributed by atoms with Gasteiger partial charge in [0, 0.05) is 44.4 Å². The molecule has 0 aliphatic carbocycles. The zero-order valence-corrected chi connectivity index (χ0v) is 12.1. The van der Waals surface area contributed by atoms with Crippen molar-refractivity contribution in [3.8, 4) is 0 Å². The molecule has 0 N–H and O–H groups in total. The van der Waals surface area contributed by atoms with Crippen molar-refractivity contribution >= 4 is 17.7 Å². The molecule has 0 bridgehead atoms. The molecule has 1 fully saturated rings. The summed E-state index contributed by atoms with van der Waals surface area (Å²) < 4.78 is 0. The van der Waals surface area contributed by atoms with Gasteiger partial charge in [0.05, 0.1) is 4.92 Å². The molecule has 112 valence electrons. The average Bonchev–Trinajstić information content (AvgIpc) is 2.53. The number of nitro benzene ring substituents is 1. The molecule has 1 aromatic carbocycles. The van der Waals surface area contributed by atoms with Gasteiger partial charge in [-0.1, -0.05) is 19.1 Å². The van der Waals surface area contributed by atoms with Gasteiger partial charge in [0.2, 0.25) is 5.91 Å². The van der Waals surface area contributed by atoms with Crippen molar-refractivity contribution in [2.45, 2.75) is 6.92 Å². The van der Waals surface area contributed by atoms with Crippen molar-refractivity contribution in [2.75, 3.05) is 32.7 Å². The second-order valence-electron chi connectivity index (χ2n) is 4.94. The van der Waals surface area contributed by atoms with Gasteiger partial charge in [-0.15, -0.1) is 0 Å². The number of hydrogen-bond donors (Lipinski definition) is 0. The summed E-state index contributed by atoms with van der Waals surface area (Å²) in [5, 5.41) is 10.7. The van der Waals surface area contributed by atoms with E-state index < -0.39 is 4.92 Å². The molecule has 1 aliphatic rings. The van der Waals surface area contributed by atoms with Crippen LogP contribution in [0.15, 0.2) is 30.3 Å². The lowest BCUT2D eigenvalue weighted by atomic mass is 10.2. The highest BCUT2D eigenvalue weighted by Crippen LogP contribution is 2.14. The molecule has 0 atom stereocenters. The monoisotopic (exact) mass is 289 g/mol. The van der Waals surface area contributed by atoms with Crippen LogP contribution in [0.1, 0.15) is 12.5 Å². The first kappa shape index (κ1) is 15.2. The number of non-ortho nitro benzene ring substituents is 1. The number of carbonyl (C=O) groups is 1. The number of piperazine rings is 1. The summed E-state index contributed by atoms with van der Waals surface area (Å²) in [4.78, 5) is 26.4. The van der Waals surface area contributed by atoms with E-state index in [1.165, 1.54) is 18.2 Å². The highest BCUT2D eigenvalue weighted by molar-refractivity contribution is 5.91. The second kappa shape index (κ2) is 6.99. The van der Waals surface area contributed by atoms with Crippen molar-refractivity contribution in [3.63, 3.8) is 0 Å². The highest BCUT2D eigenvalue weighted by atomic mass is 16.6. The Labute approximate surface area is 123 Å². The molecule has 0 radical (unpaired) electrons. The van der Waals surface area contributed by atoms with E-state index in [1.54, 1.807) is 23.1 Å². The molecule has 0 spiro atoms. The number of amides is 1. The third kappa shape index (κ3) is 4.13. The maximum atomic E-state index is 12.1. The molecule has 1 amide bonds. The molecular weight excluding hydrogens is 270 g/mol. The smallest absolute Gasteiger partial charge is 0.270 e. The normalized spacial score (nSPS) is 16.3. The van der Waals surface area contributed by atoms with Crippen LogP contribution in [0.3, 0.4) is 0 Å². The van der Waals surface area contributed by atoms with Gasteiger partial charge in [0.25, 0.3) is 5.69 Å². The second-order valence-corrected chi connectivity index (χ2v) is 4.94. The van der Waals surface area contributed by atoms with Crippen LogP contribution in [0.5, 0.6) is 0 Å². The molecule has 0 saturated carbocycles. The van der Waals surface area contributed by atoms with Gasteiger partial charge in [0.15, 0.2) is 0 Å². The van der Waals surface area contributed by atoms with Crippen LogP contribution in [0, 0.1) is 10.1 Å². The van der Waals surface area contributed by atoms with Crippen LogP contribution in [0.4, 0.5) is 5.69 Å². The fourth-order valence-corrected chi connectivity index (χ4v) is 2.30. The van der Waals surface area contributed by atoms with Crippen molar-refractivity contribution < 1.29 is 9.72 Å². The summed E-state index contributed by atoms with van der Waals surface area (Å²) in [7, 11) is 0. The van der Waals surface area contributed by atoms with Gasteiger partial charge < -0.3 is 9.80 Å². The maximum Gasteiger partial charge on any atom is 0.270 e. The van der Waals surface area contributed by atoms with Gasteiger partial charge in [-0.2, -0.15) is 0 Å². The Kier molecular flexibility index (Phi) is 5.05. The molecule has 1 aromatic rings. The van der Waals surface area contributed by atoms with E-state index in [4.69, 9.17) is 0 Å². The predicted molar refractivity (Wildman–Crippen MR) is 80.8 cm³/mol. The van der Waals surface area contributed by atoms with E-state index in [0.717, 1.165) is 32.7 Å². The summed E-state index contributed by atoms with van der Waals surface area (Å²) in [6.07, 6.45) is 3.11. The summed E-state index contributed by atoms with van der Waals surface area (Å²) in [5.74, 6) is -0.0442. The lowest BCUT2D eigenvalue weighted by Crippen LogP contribution is -2.48. The van der Waals surface area contributed by atoms with Crippen LogP contribution in [-0.2, 0) is 4.79 Å². The molecular formula is C15H19N3O3. The summed E-state index contributed by atoms with van der Waals surface area (Å²) >= 11 is 0. The van der Waals surface area contributed by atoms with Gasteiger partial charge >= 0.3 is 0 Å². The zero-order chi connectivity index (χ0) is 15.2. The van der Waals surface area contributed by atoms with Crippen LogP contribution >= 0.6 is 0 Å². The minimum atomic E-state index is -0.441. The molecule has 1 aliphatic heterocycles. The van der Waals surface area contributed by atoms with Crippen LogP contribution in [0.25, 0.3) is 6.08 Å². The fraction of sp³-hybridized carbons (Fsp3) is 0.400. The number of rotatable bonds is 4. The SMILES string of the molecule is CCN1CCN(C(=O)C=Cc2cccc([N+](=O)[O-])c2)CC1. The molecule has 0 aromatic heterocycles. The average molecular weight is 289 g/mol. The number of nitrogens with zero attached hydrogens (tertiary/aromatic N) is 3. The molecule has 0 unspecified atom stereocenters. The minimum Gasteiger partial charge on any atom is -0.337 e. The number of nitro groups is 1. The fourth-order valence-electron chi connectivity index (χ4n) is 2.30. The van der Waals surface area contributed by atoms with Crippen molar-refractivity contribution in [2.24, 2.45) is 0 Å². The van der Waals surface area contributed by atoms with Crippen LogP contribution in [-0.4, -0.2) is 53.4 Å². The van der Waals surface area contributed by atoms with E-state index in [2.05, 4.69) is 11.8 Å². The Morgan fingerprint density at radius 1 is 1.33 bits per heavy atom. The number of hydrogen-bond acceptors (Lipinski definition) is 4. The molecule has 6 nitrogen and oxygen atoms in total. The van der Waals surface area contributed by atoms with E-state index in [9.17, 15) is 14.9 Å². The van der Waals surface area contributed by atoms with Crippen LogP contribution in [0.2, 0.25) is 0 Å². The Morgan fingerprint density at radius 2 is 2.05 bits per heavy atom. The highest BCUT2D eigenvalue weighted by Gasteiger charge is 2.18. The lowest BCUT2D eigenvalue weighted by molar-refractivity contribution is -0.384. The minimum absolute atomic E-state index is 0.0289. The summed E-state index contributed by atoms with van der Waals surface area (Å²) in [5.41, 5.74) is 0.686. The van der Waals surface area contributed by atoms with Gasteiger partial charge in [0.1, 0.15) is 0 Å². The van der Waals surface area contributed by atoms with Gasteiger partial charge in [-0.05, 0) is 18.2 Å². The third-order valence-corrected chi connectivity index (χ3v) is 3.63. The Hall–Kier alpha value is -2.21. The Morgan fingerprint density at radius 3 is 2.67 bits per heavy atom.